The van der Waals surface area contributed by atoms with Crippen LogP contribution in [0, 0.1) is 5.41 Å². The van der Waals surface area contributed by atoms with E-state index in [0.717, 1.165) is 24.2 Å². The summed E-state index contributed by atoms with van der Waals surface area (Å²) in [7, 11) is 3.93. The van der Waals surface area contributed by atoms with E-state index in [2.05, 4.69) is 10.00 Å². The molecule has 3 N–H and O–H groups in total. The van der Waals surface area contributed by atoms with E-state index in [1.807, 2.05) is 38.6 Å². The molecule has 0 saturated carbocycles. The molecule has 20 heavy (non-hydrogen) atoms. The van der Waals surface area contributed by atoms with Crippen molar-refractivity contribution in [3.63, 3.8) is 0 Å². The first-order chi connectivity index (χ1) is 9.45. The van der Waals surface area contributed by atoms with E-state index in [0.29, 0.717) is 10.6 Å². The Hall–Kier alpha value is -1.85. The van der Waals surface area contributed by atoms with Gasteiger partial charge in [-0.15, -0.1) is 0 Å². The average molecular weight is 292 g/mol. The fourth-order valence-electron chi connectivity index (χ4n) is 2.05. The third-order valence-electron chi connectivity index (χ3n) is 3.02. The number of nitrogen functional groups attached to an aromatic ring is 1. The number of halogens is 1. The normalized spacial score (nSPS) is 11.0. The lowest BCUT2D eigenvalue weighted by Crippen LogP contribution is -2.17. The molecule has 106 valence electrons. The molecule has 0 atom stereocenters. The number of nitrogens with zero attached hydrogens (tertiary/aromatic N) is 3. The topological polar surface area (TPSA) is 70.9 Å². The van der Waals surface area contributed by atoms with E-state index in [1.165, 1.54) is 0 Å². The smallest absolute Gasteiger partial charge is 0.122 e. The molecule has 0 aliphatic heterocycles. The van der Waals surface area contributed by atoms with Crippen molar-refractivity contribution < 1.29 is 0 Å². The number of hydrogen-bond donors (Lipinski definition) is 2. The van der Waals surface area contributed by atoms with Gasteiger partial charge in [0.25, 0.3) is 0 Å². The van der Waals surface area contributed by atoms with Crippen LogP contribution in [0.4, 0.5) is 0 Å². The SMILES string of the molecule is CN(Cc1cnn(C)c1)Cc1ccc(C(=N)N)cc1Cl. The Bertz CT molecular complexity index is 620. The third-order valence-corrected chi connectivity index (χ3v) is 3.37. The maximum Gasteiger partial charge on any atom is 0.122 e. The predicted octanol–water partition coefficient (Wildman–Crippen LogP) is 1.99. The molecular weight excluding hydrogens is 274 g/mol. The first-order valence-electron chi connectivity index (χ1n) is 6.24. The highest BCUT2D eigenvalue weighted by Gasteiger charge is 2.08. The van der Waals surface area contributed by atoms with Gasteiger partial charge in [-0.3, -0.25) is 15.0 Å². The Morgan fingerprint density at radius 1 is 1.45 bits per heavy atom. The number of nitrogens with two attached hydrogens (primary N) is 1. The van der Waals surface area contributed by atoms with Gasteiger partial charge in [0, 0.05) is 42.5 Å². The molecule has 0 saturated heterocycles. The fourth-order valence-corrected chi connectivity index (χ4v) is 2.30. The van der Waals surface area contributed by atoms with E-state index < -0.39 is 0 Å². The summed E-state index contributed by atoms with van der Waals surface area (Å²) >= 11 is 6.23. The quantitative estimate of drug-likeness (QED) is 0.654. The molecule has 0 aliphatic carbocycles. The Labute approximate surface area is 123 Å². The van der Waals surface area contributed by atoms with Crippen molar-refractivity contribution in [1.82, 2.24) is 14.7 Å². The third kappa shape index (κ3) is 3.59. The van der Waals surface area contributed by atoms with Gasteiger partial charge in [0.15, 0.2) is 0 Å². The van der Waals surface area contributed by atoms with Crippen molar-refractivity contribution in [2.75, 3.05) is 7.05 Å². The van der Waals surface area contributed by atoms with Gasteiger partial charge in [0.1, 0.15) is 5.84 Å². The minimum atomic E-state index is 0.0298. The lowest BCUT2D eigenvalue weighted by molar-refractivity contribution is 0.319. The molecule has 1 aromatic heterocycles. The van der Waals surface area contributed by atoms with Crippen LogP contribution in [0.3, 0.4) is 0 Å². The first-order valence-corrected chi connectivity index (χ1v) is 6.62. The molecule has 0 radical (unpaired) electrons. The standard InChI is InChI=1S/C14H18ClN5/c1-19(7-10-6-18-20(2)8-10)9-12-4-3-11(14(16)17)5-13(12)15/h3-6,8H,7,9H2,1-2H3,(H3,16,17). The highest BCUT2D eigenvalue weighted by atomic mass is 35.5. The van der Waals surface area contributed by atoms with Gasteiger partial charge in [-0.2, -0.15) is 5.10 Å². The zero-order valence-electron chi connectivity index (χ0n) is 11.6. The van der Waals surface area contributed by atoms with Crippen LogP contribution in [-0.2, 0) is 20.1 Å². The average Bonchev–Trinajstić information content (AvgIpc) is 2.77. The Morgan fingerprint density at radius 2 is 2.20 bits per heavy atom. The minimum Gasteiger partial charge on any atom is -0.384 e. The summed E-state index contributed by atoms with van der Waals surface area (Å²) in [5.74, 6) is 0.0298. The maximum atomic E-state index is 7.39. The predicted molar refractivity (Wildman–Crippen MR) is 80.8 cm³/mol. The van der Waals surface area contributed by atoms with Crippen molar-refractivity contribution in [2.24, 2.45) is 12.8 Å². The molecule has 0 unspecified atom stereocenters. The van der Waals surface area contributed by atoms with Crippen molar-refractivity contribution >= 4 is 17.4 Å². The van der Waals surface area contributed by atoms with Gasteiger partial charge < -0.3 is 5.73 Å². The van der Waals surface area contributed by atoms with Crippen LogP contribution in [0.15, 0.2) is 30.6 Å². The Morgan fingerprint density at radius 3 is 2.75 bits per heavy atom. The van der Waals surface area contributed by atoms with Crippen LogP contribution in [0.2, 0.25) is 5.02 Å². The second-order valence-electron chi connectivity index (χ2n) is 4.91. The maximum absolute atomic E-state index is 7.39. The van der Waals surface area contributed by atoms with Crippen LogP contribution < -0.4 is 5.73 Å². The van der Waals surface area contributed by atoms with Crippen LogP contribution in [0.1, 0.15) is 16.7 Å². The lowest BCUT2D eigenvalue weighted by Gasteiger charge is -2.17. The molecule has 0 spiro atoms. The van der Waals surface area contributed by atoms with Crippen molar-refractivity contribution in [1.29, 1.82) is 5.41 Å². The van der Waals surface area contributed by atoms with Gasteiger partial charge in [-0.25, -0.2) is 0 Å². The Kier molecular flexibility index (Phi) is 4.42. The first kappa shape index (κ1) is 14.6. The van der Waals surface area contributed by atoms with Gasteiger partial charge in [0.2, 0.25) is 0 Å². The molecular formula is C14H18ClN5. The molecule has 0 bridgehead atoms. The number of aromatic nitrogens is 2. The second-order valence-corrected chi connectivity index (χ2v) is 5.32. The van der Waals surface area contributed by atoms with Crippen molar-refractivity contribution in [2.45, 2.75) is 13.1 Å². The van der Waals surface area contributed by atoms with Gasteiger partial charge in [-0.1, -0.05) is 23.7 Å². The summed E-state index contributed by atoms with van der Waals surface area (Å²) in [5.41, 5.74) is 8.27. The molecule has 0 fully saturated rings. The monoisotopic (exact) mass is 291 g/mol. The molecule has 6 heteroatoms. The molecule has 1 heterocycles. The number of benzene rings is 1. The number of aryl methyl sites for hydroxylation is 1. The van der Waals surface area contributed by atoms with E-state index in [9.17, 15) is 0 Å². The highest BCUT2D eigenvalue weighted by molar-refractivity contribution is 6.31. The number of hydrogen-bond acceptors (Lipinski definition) is 3. The molecule has 2 rings (SSSR count). The van der Waals surface area contributed by atoms with E-state index in [4.69, 9.17) is 22.7 Å². The molecule has 2 aromatic rings. The highest BCUT2D eigenvalue weighted by Crippen LogP contribution is 2.19. The minimum absolute atomic E-state index is 0.0298. The van der Waals surface area contributed by atoms with Gasteiger partial charge in [-0.05, 0) is 18.7 Å². The van der Waals surface area contributed by atoms with Crippen LogP contribution in [-0.4, -0.2) is 27.6 Å². The van der Waals surface area contributed by atoms with Crippen LogP contribution in [0.25, 0.3) is 0 Å². The summed E-state index contributed by atoms with van der Waals surface area (Å²) in [6, 6.07) is 5.47. The molecule has 0 aliphatic rings. The largest absolute Gasteiger partial charge is 0.384 e. The Balaban J connectivity index is 2.04. The molecule has 0 amide bonds. The number of rotatable bonds is 5. The van der Waals surface area contributed by atoms with Crippen molar-refractivity contribution in [3.8, 4) is 0 Å². The summed E-state index contributed by atoms with van der Waals surface area (Å²) in [4.78, 5) is 2.16. The van der Waals surface area contributed by atoms with Crippen LogP contribution in [0.5, 0.6) is 0 Å². The van der Waals surface area contributed by atoms with Crippen LogP contribution >= 0.6 is 11.6 Å². The van der Waals surface area contributed by atoms with E-state index >= 15 is 0 Å². The van der Waals surface area contributed by atoms with E-state index in [1.54, 1.807) is 10.7 Å². The summed E-state index contributed by atoms with van der Waals surface area (Å²) in [6.07, 6.45) is 3.86. The summed E-state index contributed by atoms with van der Waals surface area (Å²) in [5, 5.41) is 12.2. The van der Waals surface area contributed by atoms with E-state index in [-0.39, 0.29) is 5.84 Å². The van der Waals surface area contributed by atoms with Crippen molar-refractivity contribution in [3.05, 3.63) is 52.3 Å². The zero-order chi connectivity index (χ0) is 14.7. The van der Waals surface area contributed by atoms with Gasteiger partial charge >= 0.3 is 0 Å². The fraction of sp³-hybridized carbons (Fsp3) is 0.286. The van der Waals surface area contributed by atoms with Gasteiger partial charge in [0.05, 0.1) is 6.20 Å². The lowest BCUT2D eigenvalue weighted by atomic mass is 10.1. The number of amidine groups is 1. The second kappa shape index (κ2) is 6.07. The zero-order valence-corrected chi connectivity index (χ0v) is 12.4. The summed E-state index contributed by atoms with van der Waals surface area (Å²) in [6.45, 7) is 1.53. The molecule has 5 nitrogen and oxygen atoms in total. The summed E-state index contributed by atoms with van der Waals surface area (Å²) < 4.78 is 1.79. The number of nitrogens with one attached hydrogen (secondary N) is 1. The molecule has 1 aromatic carbocycles.